The number of thioether (sulfide) groups is 1. The third kappa shape index (κ3) is 1.14. The summed E-state index contributed by atoms with van der Waals surface area (Å²) in [5.41, 5.74) is -2.59. The average molecular weight is 297 g/mol. The minimum atomic E-state index is -1.69. The molecule has 1 unspecified atom stereocenters. The van der Waals surface area contributed by atoms with Crippen LogP contribution in [0.15, 0.2) is 29.2 Å². The first-order valence-corrected chi connectivity index (χ1v) is 7.16. The van der Waals surface area contributed by atoms with Crippen molar-refractivity contribution < 1.29 is 9.59 Å². The topological polar surface area (TPSA) is 93.8 Å². The van der Waals surface area contributed by atoms with Crippen molar-refractivity contribution in [3.05, 3.63) is 24.3 Å². The Morgan fingerprint density at radius 3 is 2.14 bits per heavy atom. The van der Waals surface area contributed by atoms with Gasteiger partial charge in [-0.1, -0.05) is 23.9 Å². The minimum Gasteiger partial charge on any atom is -0.366 e. The van der Waals surface area contributed by atoms with Gasteiger partial charge in [-0.15, -0.1) is 0 Å². The Bertz CT molecular complexity index is 719. The van der Waals surface area contributed by atoms with E-state index in [1.165, 1.54) is 25.6 Å². The van der Waals surface area contributed by atoms with Crippen LogP contribution in [0.3, 0.4) is 0 Å². The van der Waals surface area contributed by atoms with Crippen LogP contribution in [0.25, 0.3) is 0 Å². The summed E-state index contributed by atoms with van der Waals surface area (Å²) in [6, 6.07) is 11.2. The molecule has 6 heteroatoms. The molecule has 1 aromatic rings. The second kappa shape index (κ2) is 3.87. The van der Waals surface area contributed by atoms with Crippen LogP contribution in [-0.2, 0) is 9.59 Å². The fraction of sp³-hybridized carbons (Fsp3) is 0.333. The van der Waals surface area contributed by atoms with Gasteiger partial charge in [-0.05, 0) is 26.0 Å². The predicted molar refractivity (Wildman–Crippen MR) is 76.1 cm³/mol. The van der Waals surface area contributed by atoms with E-state index >= 15 is 0 Å². The monoisotopic (exact) mass is 297 g/mol. The van der Waals surface area contributed by atoms with Gasteiger partial charge in [-0.3, -0.25) is 9.59 Å². The average Bonchev–Trinajstić information content (AvgIpc) is 2.72. The quantitative estimate of drug-likeness (QED) is 0.840. The van der Waals surface area contributed by atoms with Gasteiger partial charge < -0.3 is 5.32 Å². The molecule has 1 spiro atoms. The molecule has 1 aromatic carbocycles. The standard InChI is InChI=1S/C15H11N3O2S/c1-9(19)14(10(2)20)13(7-16,8-17)15(14)18-11-5-3-4-6-12(11)21-15/h3-6,18H,1-2H3. The highest BCUT2D eigenvalue weighted by molar-refractivity contribution is 8.01. The molecule has 3 rings (SSSR count). The van der Waals surface area contributed by atoms with E-state index in [1.807, 2.05) is 30.3 Å². The summed E-state index contributed by atoms with van der Waals surface area (Å²) in [5, 5.41) is 22.2. The number of nitrogens with one attached hydrogen (secondary N) is 1. The smallest absolute Gasteiger partial charge is 0.200 e. The van der Waals surface area contributed by atoms with Gasteiger partial charge in [0.15, 0.2) is 10.8 Å². The molecule has 1 aliphatic carbocycles. The maximum atomic E-state index is 12.2. The molecule has 5 nitrogen and oxygen atoms in total. The van der Waals surface area contributed by atoms with Gasteiger partial charge in [0.25, 0.3) is 0 Å². The van der Waals surface area contributed by atoms with Crippen molar-refractivity contribution in [3.8, 4) is 12.1 Å². The highest BCUT2D eigenvalue weighted by atomic mass is 32.2. The van der Waals surface area contributed by atoms with Gasteiger partial charge in [0.05, 0.1) is 12.1 Å². The number of benzene rings is 1. The minimum absolute atomic E-state index is 0.453. The van der Waals surface area contributed by atoms with E-state index in [4.69, 9.17) is 0 Å². The summed E-state index contributed by atoms with van der Waals surface area (Å²) in [6.45, 7) is 2.54. The maximum Gasteiger partial charge on any atom is 0.200 e. The molecule has 0 saturated heterocycles. The molecule has 0 bridgehead atoms. The molecule has 21 heavy (non-hydrogen) atoms. The van der Waals surface area contributed by atoms with Crippen molar-refractivity contribution in [3.63, 3.8) is 0 Å². The van der Waals surface area contributed by atoms with Gasteiger partial charge in [-0.2, -0.15) is 10.5 Å². The third-order valence-corrected chi connectivity index (χ3v) is 6.01. The Labute approximate surface area is 125 Å². The molecule has 1 saturated carbocycles. The van der Waals surface area contributed by atoms with Crippen LogP contribution >= 0.6 is 11.8 Å². The van der Waals surface area contributed by atoms with E-state index in [1.54, 1.807) is 6.07 Å². The van der Waals surface area contributed by atoms with Gasteiger partial charge in [0, 0.05) is 10.6 Å². The zero-order chi connectivity index (χ0) is 15.5. The Morgan fingerprint density at radius 1 is 1.14 bits per heavy atom. The number of fused-ring (bicyclic) bond motifs is 1. The van der Waals surface area contributed by atoms with Gasteiger partial charge in [-0.25, -0.2) is 0 Å². The van der Waals surface area contributed by atoms with E-state index in [-0.39, 0.29) is 0 Å². The molecule has 104 valence electrons. The number of rotatable bonds is 2. The predicted octanol–water partition coefficient (Wildman–Crippen LogP) is 2.11. The van der Waals surface area contributed by atoms with Gasteiger partial charge in [0.2, 0.25) is 0 Å². The van der Waals surface area contributed by atoms with Crippen LogP contribution < -0.4 is 5.32 Å². The first-order chi connectivity index (χ1) is 9.93. The number of Topliss-reactive ketones (excluding diaryl/α,β-unsaturated/α-hetero) is 2. The zero-order valence-electron chi connectivity index (χ0n) is 11.4. The highest BCUT2D eigenvalue weighted by Gasteiger charge is 2.96. The van der Waals surface area contributed by atoms with Crippen molar-refractivity contribution >= 4 is 29.0 Å². The Balaban J connectivity index is 2.26. The Kier molecular flexibility index (Phi) is 2.52. The number of anilines is 1. The summed E-state index contributed by atoms with van der Waals surface area (Å²) in [4.78, 5) is 24.1. The molecular weight excluding hydrogens is 286 g/mol. The van der Waals surface area contributed by atoms with Crippen molar-refractivity contribution in [2.45, 2.75) is 23.6 Å². The maximum absolute atomic E-state index is 12.2. The molecule has 0 radical (unpaired) electrons. The van der Waals surface area contributed by atoms with E-state index in [0.717, 1.165) is 10.6 Å². The van der Waals surface area contributed by atoms with E-state index < -0.39 is 27.3 Å². The second-order valence-electron chi connectivity index (χ2n) is 5.24. The van der Waals surface area contributed by atoms with Crippen LogP contribution in [0.4, 0.5) is 5.69 Å². The fourth-order valence-electron chi connectivity index (χ4n) is 3.54. The molecule has 1 aliphatic heterocycles. The normalized spacial score (nSPS) is 26.1. The van der Waals surface area contributed by atoms with Crippen LogP contribution in [0, 0.1) is 33.5 Å². The number of ketones is 2. The van der Waals surface area contributed by atoms with E-state index in [2.05, 4.69) is 5.32 Å². The lowest BCUT2D eigenvalue weighted by Crippen LogP contribution is -2.34. The molecule has 1 atom stereocenters. The van der Waals surface area contributed by atoms with E-state index in [9.17, 15) is 20.1 Å². The first kappa shape index (κ1) is 13.7. The van der Waals surface area contributed by atoms with Crippen LogP contribution in [0.1, 0.15) is 13.8 Å². The fourth-order valence-corrected chi connectivity index (χ4v) is 5.34. The van der Waals surface area contributed by atoms with Gasteiger partial charge >= 0.3 is 0 Å². The Morgan fingerprint density at radius 2 is 1.71 bits per heavy atom. The van der Waals surface area contributed by atoms with Crippen LogP contribution in [0.5, 0.6) is 0 Å². The van der Waals surface area contributed by atoms with Gasteiger partial charge in [0.1, 0.15) is 16.4 Å². The number of hydrogen-bond donors (Lipinski definition) is 1. The van der Waals surface area contributed by atoms with Crippen LogP contribution in [0.2, 0.25) is 0 Å². The van der Waals surface area contributed by atoms with Crippen molar-refractivity contribution in [2.75, 3.05) is 5.32 Å². The molecular formula is C15H11N3O2S. The van der Waals surface area contributed by atoms with Crippen molar-refractivity contribution in [2.24, 2.45) is 10.8 Å². The highest BCUT2D eigenvalue weighted by Crippen LogP contribution is 2.81. The summed E-state index contributed by atoms with van der Waals surface area (Å²) in [7, 11) is 0. The van der Waals surface area contributed by atoms with Crippen molar-refractivity contribution in [1.29, 1.82) is 10.5 Å². The summed E-state index contributed by atoms with van der Waals surface area (Å²) in [6.07, 6.45) is 0. The number of nitriles is 2. The lowest BCUT2D eigenvalue weighted by atomic mass is 9.87. The number of carbonyl (C=O) groups excluding carboxylic acids is 2. The summed E-state index contributed by atoms with van der Waals surface area (Å²) < 4.78 is 0. The van der Waals surface area contributed by atoms with Crippen molar-refractivity contribution in [1.82, 2.24) is 0 Å². The zero-order valence-corrected chi connectivity index (χ0v) is 12.2. The SMILES string of the molecule is CC(=O)C1(C(C)=O)C(C#N)(C#N)C12Nc1ccccc1S2. The second-order valence-corrected chi connectivity index (χ2v) is 6.50. The molecule has 1 fully saturated rings. The lowest BCUT2D eigenvalue weighted by molar-refractivity contribution is -0.133. The van der Waals surface area contributed by atoms with Crippen LogP contribution in [-0.4, -0.2) is 16.4 Å². The molecule has 1 N–H and O–H groups in total. The number of hydrogen-bond acceptors (Lipinski definition) is 6. The number of para-hydroxylation sites is 1. The molecule has 0 aromatic heterocycles. The summed E-state index contributed by atoms with van der Waals surface area (Å²) in [5.74, 6) is -0.906. The number of nitrogens with zero attached hydrogens (tertiary/aromatic N) is 2. The number of carbonyl (C=O) groups is 2. The Hall–Kier alpha value is -2.31. The molecule has 1 heterocycles. The summed E-state index contributed by atoms with van der Waals surface area (Å²) >= 11 is 1.23. The van der Waals surface area contributed by atoms with E-state index in [0.29, 0.717) is 0 Å². The third-order valence-electron chi connectivity index (χ3n) is 4.41. The first-order valence-electron chi connectivity index (χ1n) is 6.34. The molecule has 0 amide bonds. The lowest BCUT2D eigenvalue weighted by Gasteiger charge is -2.15. The molecule has 2 aliphatic rings. The largest absolute Gasteiger partial charge is 0.366 e.